The molecule has 0 saturated heterocycles. The van der Waals surface area contributed by atoms with E-state index in [-0.39, 0.29) is 23.6 Å². The number of methoxy groups -OCH3 is 1. The molecule has 1 aromatic carbocycles. The van der Waals surface area contributed by atoms with Gasteiger partial charge in [-0.05, 0) is 41.7 Å². The number of rotatable bonds is 8. The number of ether oxygens (including phenoxy) is 1. The molecule has 2 rings (SSSR count). The van der Waals surface area contributed by atoms with Crippen LogP contribution in [0.3, 0.4) is 0 Å². The van der Waals surface area contributed by atoms with Crippen molar-refractivity contribution in [2.45, 2.75) is 43.9 Å². The molecule has 1 heterocycles. The third kappa shape index (κ3) is 5.52. The number of alkyl halides is 3. The van der Waals surface area contributed by atoms with Crippen LogP contribution in [0.2, 0.25) is 0 Å². The summed E-state index contributed by atoms with van der Waals surface area (Å²) in [5.41, 5.74) is -2.91. The Balaban J connectivity index is 2.45. The van der Waals surface area contributed by atoms with Crippen LogP contribution in [-0.2, 0) is 5.41 Å². The molecule has 1 aromatic rings. The predicted molar refractivity (Wildman–Crippen MR) is 110 cm³/mol. The van der Waals surface area contributed by atoms with Crippen LogP contribution in [0.1, 0.15) is 32.3 Å². The molecule has 170 valence electrons. The third-order valence-corrected chi connectivity index (χ3v) is 5.24. The molecule has 0 bridgehead atoms. The lowest BCUT2D eigenvalue weighted by Gasteiger charge is -2.39. The van der Waals surface area contributed by atoms with Crippen LogP contribution in [0, 0.1) is 5.82 Å². The first-order valence-corrected chi connectivity index (χ1v) is 9.60. The maximum Gasteiger partial charge on any atom is 0.417 e. The minimum atomic E-state index is -4.94. The van der Waals surface area contributed by atoms with Crippen molar-refractivity contribution in [1.29, 1.82) is 0 Å². The van der Waals surface area contributed by atoms with Crippen molar-refractivity contribution in [3.63, 3.8) is 0 Å². The average Bonchev–Trinajstić information content (AvgIpc) is 2.67. The number of allylic oxidation sites excluding steroid dienone is 1. The van der Waals surface area contributed by atoms with Crippen molar-refractivity contribution in [3.8, 4) is 5.75 Å². The molecule has 0 aliphatic carbocycles. The molecule has 2 N–H and O–H groups in total. The van der Waals surface area contributed by atoms with E-state index < -0.39 is 35.9 Å². The summed E-state index contributed by atoms with van der Waals surface area (Å²) in [7, 11) is 2.80. The van der Waals surface area contributed by atoms with Crippen LogP contribution < -0.4 is 10.1 Å². The van der Waals surface area contributed by atoms with Gasteiger partial charge in [0, 0.05) is 31.3 Å². The lowest BCUT2D eigenvalue weighted by molar-refractivity contribution is -0.266. The van der Waals surface area contributed by atoms with Crippen molar-refractivity contribution in [3.05, 3.63) is 65.3 Å². The summed E-state index contributed by atoms with van der Waals surface area (Å²) < 4.78 is 61.3. The maximum atomic E-state index is 14.1. The lowest BCUT2D eigenvalue weighted by atomic mass is 9.73. The van der Waals surface area contributed by atoms with Gasteiger partial charge in [-0.25, -0.2) is 4.39 Å². The zero-order chi connectivity index (χ0) is 23.4. The Morgan fingerprint density at radius 1 is 1.29 bits per heavy atom. The Morgan fingerprint density at radius 3 is 2.52 bits per heavy atom. The second-order valence-corrected chi connectivity index (χ2v) is 8.05. The average molecular weight is 441 g/mol. The van der Waals surface area contributed by atoms with Gasteiger partial charge in [-0.1, -0.05) is 26.5 Å². The van der Waals surface area contributed by atoms with Gasteiger partial charge in [0.2, 0.25) is 0 Å². The van der Waals surface area contributed by atoms with Gasteiger partial charge in [-0.2, -0.15) is 23.4 Å². The first kappa shape index (κ1) is 24.6. The Hall–Kier alpha value is -2.68. The smallest absolute Gasteiger partial charge is 0.417 e. The number of aliphatic hydroxyl groups is 1. The largest absolute Gasteiger partial charge is 0.496 e. The predicted octanol–water partition coefficient (Wildman–Crippen LogP) is 5.19. The van der Waals surface area contributed by atoms with E-state index in [1.165, 1.54) is 46.2 Å². The van der Waals surface area contributed by atoms with Crippen molar-refractivity contribution in [1.82, 2.24) is 5.32 Å². The SMILES string of the molecule is C=CC1=C(N=NC)C=C(CC(O)(CC(C)(C)c2cc(F)ccc2OC)C(F)(F)F)NC1. The maximum absolute atomic E-state index is 14.1. The van der Waals surface area contributed by atoms with Gasteiger partial charge < -0.3 is 15.2 Å². The fraction of sp³-hybridized carbons (Fsp3) is 0.455. The standard InChI is InChI=1S/C22H27F4N3O2/c1-6-14-12-28-16(10-18(14)29-27-4)11-21(30,22(24,25)26)13-20(2,3)17-9-15(23)7-8-19(17)31-5/h6-10,28,30H,1,11-13H2,2-5H3. The van der Waals surface area contributed by atoms with Crippen LogP contribution in [-0.4, -0.2) is 37.6 Å². The molecule has 0 fully saturated rings. The van der Waals surface area contributed by atoms with E-state index in [9.17, 15) is 22.7 Å². The quantitative estimate of drug-likeness (QED) is 0.431. The van der Waals surface area contributed by atoms with Crippen molar-refractivity contribution in [2.75, 3.05) is 20.7 Å². The summed E-state index contributed by atoms with van der Waals surface area (Å²) in [6.45, 7) is 6.89. The Morgan fingerprint density at radius 2 is 1.97 bits per heavy atom. The van der Waals surface area contributed by atoms with Gasteiger partial charge in [0.15, 0.2) is 5.60 Å². The number of dihydropyridines is 1. The Kier molecular flexibility index (Phi) is 7.31. The molecule has 0 aromatic heterocycles. The van der Waals surface area contributed by atoms with Crippen LogP contribution in [0.5, 0.6) is 5.75 Å². The molecule has 1 unspecified atom stereocenters. The normalized spacial score (nSPS) is 17.3. The van der Waals surface area contributed by atoms with E-state index in [0.717, 1.165) is 6.07 Å². The van der Waals surface area contributed by atoms with Gasteiger partial charge >= 0.3 is 6.18 Å². The summed E-state index contributed by atoms with van der Waals surface area (Å²) in [6.07, 6.45) is -3.43. The van der Waals surface area contributed by atoms with Crippen LogP contribution in [0.4, 0.5) is 17.6 Å². The second kappa shape index (κ2) is 9.21. The molecule has 1 atom stereocenters. The molecule has 1 aliphatic rings. The van der Waals surface area contributed by atoms with Gasteiger partial charge in [0.1, 0.15) is 11.6 Å². The Bertz CT molecular complexity index is 920. The molecular weight excluding hydrogens is 414 g/mol. The summed E-state index contributed by atoms with van der Waals surface area (Å²) in [4.78, 5) is 0. The molecule has 0 saturated carbocycles. The number of hydrogen-bond donors (Lipinski definition) is 2. The number of benzene rings is 1. The number of nitrogens with zero attached hydrogens (tertiary/aromatic N) is 2. The molecule has 1 aliphatic heterocycles. The number of hydrogen-bond acceptors (Lipinski definition) is 5. The van der Waals surface area contributed by atoms with Crippen LogP contribution >= 0.6 is 0 Å². The molecule has 5 nitrogen and oxygen atoms in total. The fourth-order valence-electron chi connectivity index (χ4n) is 3.71. The number of azo groups is 1. The zero-order valence-corrected chi connectivity index (χ0v) is 18.0. The highest BCUT2D eigenvalue weighted by atomic mass is 19.4. The van der Waals surface area contributed by atoms with E-state index in [1.54, 1.807) is 6.08 Å². The van der Waals surface area contributed by atoms with E-state index in [0.29, 0.717) is 11.3 Å². The second-order valence-electron chi connectivity index (χ2n) is 8.05. The topological polar surface area (TPSA) is 66.2 Å². The molecule has 0 radical (unpaired) electrons. The van der Waals surface area contributed by atoms with E-state index in [1.807, 2.05) is 0 Å². The highest BCUT2D eigenvalue weighted by Gasteiger charge is 2.56. The minimum Gasteiger partial charge on any atom is -0.496 e. The summed E-state index contributed by atoms with van der Waals surface area (Å²) >= 11 is 0. The van der Waals surface area contributed by atoms with E-state index in [4.69, 9.17) is 4.74 Å². The van der Waals surface area contributed by atoms with Gasteiger partial charge in [0.05, 0.1) is 12.8 Å². The fourth-order valence-corrected chi connectivity index (χ4v) is 3.71. The minimum absolute atomic E-state index is 0.162. The molecule has 0 spiro atoms. The summed E-state index contributed by atoms with van der Waals surface area (Å²) in [6, 6.07) is 3.65. The Labute approximate surface area is 179 Å². The van der Waals surface area contributed by atoms with Gasteiger partial charge in [-0.15, -0.1) is 0 Å². The first-order chi connectivity index (χ1) is 14.4. The van der Waals surface area contributed by atoms with Crippen LogP contribution in [0.15, 0.2) is 64.1 Å². The number of nitrogens with one attached hydrogen (secondary N) is 1. The number of halogens is 4. The highest BCUT2D eigenvalue weighted by molar-refractivity contribution is 5.41. The molecule has 0 amide bonds. The summed E-state index contributed by atoms with van der Waals surface area (Å²) in [5, 5.41) is 21.3. The van der Waals surface area contributed by atoms with Gasteiger partial charge in [-0.3, -0.25) is 0 Å². The molecule has 9 heteroatoms. The monoisotopic (exact) mass is 441 g/mol. The summed E-state index contributed by atoms with van der Waals surface area (Å²) in [5.74, 6) is -0.358. The van der Waals surface area contributed by atoms with Crippen LogP contribution in [0.25, 0.3) is 0 Å². The van der Waals surface area contributed by atoms with E-state index in [2.05, 4.69) is 22.1 Å². The van der Waals surface area contributed by atoms with Gasteiger partial charge in [0.25, 0.3) is 0 Å². The lowest BCUT2D eigenvalue weighted by Crippen LogP contribution is -2.50. The molecular formula is C22H27F4N3O2. The first-order valence-electron chi connectivity index (χ1n) is 9.60. The van der Waals surface area contributed by atoms with Crippen molar-refractivity contribution >= 4 is 0 Å². The third-order valence-electron chi connectivity index (χ3n) is 5.24. The highest BCUT2D eigenvalue weighted by Crippen LogP contribution is 2.46. The van der Waals surface area contributed by atoms with E-state index >= 15 is 0 Å². The van der Waals surface area contributed by atoms with Crippen molar-refractivity contribution in [2.24, 2.45) is 10.2 Å². The van der Waals surface area contributed by atoms with Crippen molar-refractivity contribution < 1.29 is 27.4 Å². The molecule has 31 heavy (non-hydrogen) atoms. The zero-order valence-electron chi connectivity index (χ0n) is 18.0.